The van der Waals surface area contributed by atoms with Crippen molar-refractivity contribution in [1.82, 2.24) is 9.97 Å². The molecule has 0 bridgehead atoms. The van der Waals surface area contributed by atoms with Crippen LogP contribution in [0.15, 0.2) is 0 Å². The monoisotopic (exact) mass is 278 g/mol. The van der Waals surface area contributed by atoms with E-state index in [1.807, 2.05) is 11.3 Å². The minimum absolute atomic E-state index is 0.578. The number of nitrogens with zero attached hydrogens (tertiary/aromatic N) is 2. The molecule has 1 saturated carbocycles. The van der Waals surface area contributed by atoms with E-state index in [0.29, 0.717) is 11.1 Å². The molecule has 0 spiro atoms. The van der Waals surface area contributed by atoms with E-state index in [2.05, 4.69) is 4.98 Å². The topological polar surface area (TPSA) is 25.8 Å². The molecule has 2 aromatic heterocycles. The van der Waals surface area contributed by atoms with Gasteiger partial charge in [0.05, 0.1) is 5.39 Å². The Balaban J connectivity index is 1.93. The molecule has 2 aromatic rings. The van der Waals surface area contributed by atoms with Gasteiger partial charge >= 0.3 is 0 Å². The van der Waals surface area contributed by atoms with Crippen molar-refractivity contribution >= 4 is 33.2 Å². The Hall–Kier alpha value is -0.670. The Bertz CT molecular complexity index is 616. The normalized spacial score (nSPS) is 19.8. The van der Waals surface area contributed by atoms with Crippen LogP contribution in [0.5, 0.6) is 0 Å². The summed E-state index contributed by atoms with van der Waals surface area (Å²) in [4.78, 5) is 11.9. The van der Waals surface area contributed by atoms with Crippen LogP contribution in [0, 0.1) is 0 Å². The second-order valence-corrected chi connectivity index (χ2v) is 6.83. The second-order valence-electron chi connectivity index (χ2n) is 5.39. The fraction of sp³-hybridized carbons (Fsp3) is 0.571. The van der Waals surface area contributed by atoms with Crippen LogP contribution >= 0.6 is 22.9 Å². The number of halogens is 1. The maximum Gasteiger partial charge on any atom is 0.141 e. The molecule has 0 amide bonds. The number of hydrogen-bond acceptors (Lipinski definition) is 3. The number of thiophene rings is 1. The standard InChI is InChI=1S/C14H15ClN2S/c15-12-11-9-4-2-1-3-5-10(9)18-14(11)17-13(16-12)8-6-7-8/h8H,1-7H2. The molecule has 2 nitrogen and oxygen atoms in total. The average molecular weight is 279 g/mol. The van der Waals surface area contributed by atoms with E-state index in [1.165, 1.54) is 49.0 Å². The number of aryl methyl sites for hydroxylation is 2. The van der Waals surface area contributed by atoms with Gasteiger partial charge in [0.1, 0.15) is 15.8 Å². The van der Waals surface area contributed by atoms with Crippen LogP contribution < -0.4 is 0 Å². The largest absolute Gasteiger partial charge is 0.222 e. The minimum atomic E-state index is 0.578. The molecular weight excluding hydrogens is 264 g/mol. The molecule has 4 rings (SSSR count). The van der Waals surface area contributed by atoms with Crippen molar-refractivity contribution in [3.8, 4) is 0 Å². The van der Waals surface area contributed by atoms with Gasteiger partial charge in [-0.25, -0.2) is 9.97 Å². The second kappa shape index (κ2) is 4.17. The molecule has 0 radical (unpaired) electrons. The Labute approximate surface area is 115 Å². The quantitative estimate of drug-likeness (QED) is 0.567. The Morgan fingerprint density at radius 2 is 1.89 bits per heavy atom. The van der Waals surface area contributed by atoms with Gasteiger partial charge in [0.2, 0.25) is 0 Å². The van der Waals surface area contributed by atoms with E-state index in [0.717, 1.165) is 22.5 Å². The summed E-state index contributed by atoms with van der Waals surface area (Å²) in [5, 5.41) is 1.85. The van der Waals surface area contributed by atoms with Crippen molar-refractivity contribution in [2.24, 2.45) is 0 Å². The fourth-order valence-electron chi connectivity index (χ4n) is 2.83. The number of fused-ring (bicyclic) bond motifs is 3. The molecule has 0 aromatic carbocycles. The van der Waals surface area contributed by atoms with Crippen molar-refractivity contribution < 1.29 is 0 Å². The van der Waals surface area contributed by atoms with Crippen LogP contribution in [0.25, 0.3) is 10.2 Å². The van der Waals surface area contributed by atoms with Gasteiger partial charge in [0.15, 0.2) is 0 Å². The van der Waals surface area contributed by atoms with Gasteiger partial charge in [-0.2, -0.15) is 0 Å². The molecule has 0 atom stereocenters. The predicted molar refractivity (Wildman–Crippen MR) is 75.7 cm³/mol. The first-order valence-electron chi connectivity index (χ1n) is 6.80. The van der Waals surface area contributed by atoms with E-state index in [9.17, 15) is 0 Å². The van der Waals surface area contributed by atoms with Crippen molar-refractivity contribution in [3.05, 3.63) is 21.4 Å². The number of hydrogen-bond donors (Lipinski definition) is 0. The molecule has 0 saturated heterocycles. The summed E-state index contributed by atoms with van der Waals surface area (Å²) >= 11 is 8.27. The molecule has 18 heavy (non-hydrogen) atoms. The molecule has 2 aliphatic carbocycles. The third kappa shape index (κ3) is 1.76. The van der Waals surface area contributed by atoms with E-state index in [4.69, 9.17) is 16.6 Å². The van der Waals surface area contributed by atoms with Crippen LogP contribution in [0.4, 0.5) is 0 Å². The summed E-state index contributed by atoms with van der Waals surface area (Å²) in [6, 6.07) is 0. The van der Waals surface area contributed by atoms with Gasteiger partial charge in [-0.05, 0) is 44.1 Å². The SMILES string of the molecule is Clc1nc(C2CC2)nc2sc3c(c12)CCCCC3. The molecule has 0 unspecified atom stereocenters. The lowest BCUT2D eigenvalue weighted by molar-refractivity contribution is 0.713. The van der Waals surface area contributed by atoms with E-state index < -0.39 is 0 Å². The first kappa shape index (κ1) is 11.2. The summed E-state index contributed by atoms with van der Waals surface area (Å²) < 4.78 is 0. The minimum Gasteiger partial charge on any atom is -0.222 e. The molecule has 0 aliphatic heterocycles. The van der Waals surface area contributed by atoms with Crippen molar-refractivity contribution in [1.29, 1.82) is 0 Å². The molecule has 94 valence electrons. The van der Waals surface area contributed by atoms with Gasteiger partial charge < -0.3 is 0 Å². The summed E-state index contributed by atoms with van der Waals surface area (Å²) in [5.74, 6) is 1.55. The van der Waals surface area contributed by atoms with Crippen LogP contribution in [-0.4, -0.2) is 9.97 Å². The summed E-state index contributed by atoms with van der Waals surface area (Å²) in [7, 11) is 0. The van der Waals surface area contributed by atoms with E-state index in [1.54, 1.807) is 0 Å². The molecule has 2 heterocycles. The zero-order valence-electron chi connectivity index (χ0n) is 10.2. The highest BCUT2D eigenvalue weighted by Gasteiger charge is 2.28. The Kier molecular flexibility index (Phi) is 2.59. The Morgan fingerprint density at radius 1 is 1.06 bits per heavy atom. The lowest BCUT2D eigenvalue weighted by atomic mass is 10.1. The summed E-state index contributed by atoms with van der Waals surface area (Å²) in [6.07, 6.45) is 8.73. The van der Waals surface area contributed by atoms with Crippen LogP contribution in [0.2, 0.25) is 5.15 Å². The van der Waals surface area contributed by atoms with Gasteiger partial charge in [-0.1, -0.05) is 18.0 Å². The molecule has 2 aliphatic rings. The van der Waals surface area contributed by atoms with Gasteiger partial charge in [0.25, 0.3) is 0 Å². The maximum absolute atomic E-state index is 6.42. The molecule has 0 N–H and O–H groups in total. The van der Waals surface area contributed by atoms with Crippen LogP contribution in [0.1, 0.15) is 54.3 Å². The zero-order valence-corrected chi connectivity index (χ0v) is 11.8. The van der Waals surface area contributed by atoms with E-state index >= 15 is 0 Å². The third-order valence-corrected chi connectivity index (χ3v) is 5.44. The van der Waals surface area contributed by atoms with E-state index in [-0.39, 0.29) is 0 Å². The highest BCUT2D eigenvalue weighted by Crippen LogP contribution is 2.42. The van der Waals surface area contributed by atoms with Crippen LogP contribution in [-0.2, 0) is 12.8 Å². The molecular formula is C14H15ClN2S. The highest BCUT2D eigenvalue weighted by molar-refractivity contribution is 7.19. The molecule has 4 heteroatoms. The fourth-order valence-corrected chi connectivity index (χ4v) is 4.44. The smallest absolute Gasteiger partial charge is 0.141 e. The third-order valence-electron chi connectivity index (χ3n) is 3.98. The first-order chi connectivity index (χ1) is 8.83. The lowest BCUT2D eigenvalue weighted by Crippen LogP contribution is -1.94. The maximum atomic E-state index is 6.42. The predicted octanol–water partition coefficient (Wildman–Crippen LogP) is 4.49. The average Bonchev–Trinajstić information content (AvgIpc) is 3.15. The van der Waals surface area contributed by atoms with Gasteiger partial charge in [-0.3, -0.25) is 0 Å². The first-order valence-corrected chi connectivity index (χ1v) is 8.00. The zero-order chi connectivity index (χ0) is 12.1. The van der Waals surface area contributed by atoms with Crippen molar-refractivity contribution in [2.45, 2.75) is 50.9 Å². The number of rotatable bonds is 1. The highest BCUT2D eigenvalue weighted by atomic mass is 35.5. The van der Waals surface area contributed by atoms with Crippen molar-refractivity contribution in [3.63, 3.8) is 0 Å². The Morgan fingerprint density at radius 3 is 2.72 bits per heavy atom. The number of aromatic nitrogens is 2. The lowest BCUT2D eigenvalue weighted by Gasteiger charge is -2.02. The molecule has 1 fully saturated rings. The van der Waals surface area contributed by atoms with Crippen molar-refractivity contribution in [2.75, 3.05) is 0 Å². The van der Waals surface area contributed by atoms with Gasteiger partial charge in [-0.15, -0.1) is 11.3 Å². The summed E-state index contributed by atoms with van der Waals surface area (Å²) in [5.41, 5.74) is 1.44. The van der Waals surface area contributed by atoms with Crippen LogP contribution in [0.3, 0.4) is 0 Å². The summed E-state index contributed by atoms with van der Waals surface area (Å²) in [6.45, 7) is 0. The van der Waals surface area contributed by atoms with Gasteiger partial charge in [0, 0.05) is 10.8 Å².